The molecule has 0 atom stereocenters. The number of benzene rings is 1. The molecule has 21 heavy (non-hydrogen) atoms. The number of hydrogen-bond acceptors (Lipinski definition) is 5. The summed E-state index contributed by atoms with van der Waals surface area (Å²) in [5.74, 6) is -0.295. The van der Waals surface area contributed by atoms with Gasteiger partial charge in [0.05, 0.1) is 6.07 Å². The van der Waals surface area contributed by atoms with Crippen LogP contribution < -0.4 is 11.1 Å². The fraction of sp³-hybridized carbons (Fsp3) is 0.214. The highest BCUT2D eigenvalue weighted by Crippen LogP contribution is 2.34. The van der Waals surface area contributed by atoms with E-state index in [0.29, 0.717) is 29.0 Å². The Balaban J connectivity index is 1.82. The van der Waals surface area contributed by atoms with Crippen molar-refractivity contribution in [2.75, 3.05) is 0 Å². The molecule has 1 fully saturated rings. The van der Waals surface area contributed by atoms with E-state index in [4.69, 9.17) is 27.0 Å². The van der Waals surface area contributed by atoms with Crippen LogP contribution in [-0.2, 0) is 4.79 Å². The van der Waals surface area contributed by atoms with Gasteiger partial charge in [-0.3, -0.25) is 4.79 Å². The molecule has 0 spiro atoms. The highest BCUT2D eigenvalue weighted by atomic mass is 35.5. The Kier molecular flexibility index (Phi) is 3.07. The second-order valence-corrected chi connectivity index (χ2v) is 5.35. The highest BCUT2D eigenvalue weighted by molar-refractivity contribution is 6.31. The van der Waals surface area contributed by atoms with E-state index in [0.717, 1.165) is 0 Å². The lowest BCUT2D eigenvalue weighted by atomic mass is 10.3. The number of fused-ring (bicyclic) bond motifs is 1. The van der Waals surface area contributed by atoms with Gasteiger partial charge in [0.2, 0.25) is 5.89 Å². The molecular weight excluding hydrogens is 292 g/mol. The summed E-state index contributed by atoms with van der Waals surface area (Å²) in [5.41, 5.74) is 6.02. The van der Waals surface area contributed by atoms with Gasteiger partial charge in [-0.05, 0) is 31.0 Å². The van der Waals surface area contributed by atoms with Crippen LogP contribution in [0.4, 0.5) is 0 Å². The van der Waals surface area contributed by atoms with Crippen LogP contribution in [0.3, 0.4) is 0 Å². The molecule has 1 aromatic carbocycles. The summed E-state index contributed by atoms with van der Waals surface area (Å²) in [6.45, 7) is 0. The fourth-order valence-corrected chi connectivity index (χ4v) is 2.02. The van der Waals surface area contributed by atoms with E-state index in [-0.39, 0.29) is 11.6 Å². The molecule has 2 aromatic rings. The molecule has 3 N–H and O–H groups in total. The van der Waals surface area contributed by atoms with Gasteiger partial charge in [0.1, 0.15) is 16.8 Å². The molecule has 3 rings (SSSR count). The van der Waals surface area contributed by atoms with Gasteiger partial charge >= 0.3 is 0 Å². The minimum absolute atomic E-state index is 0.0609. The molecule has 1 amide bonds. The predicted octanol–water partition coefficient (Wildman–Crippen LogP) is 1.95. The van der Waals surface area contributed by atoms with Crippen LogP contribution in [0.25, 0.3) is 17.2 Å². The Morgan fingerprint density at radius 2 is 2.33 bits per heavy atom. The molecule has 106 valence electrons. The van der Waals surface area contributed by atoms with Gasteiger partial charge in [0, 0.05) is 11.1 Å². The lowest BCUT2D eigenvalue weighted by molar-refractivity contribution is -0.118. The first-order valence-electron chi connectivity index (χ1n) is 6.28. The molecule has 1 aliphatic rings. The zero-order valence-electron chi connectivity index (χ0n) is 10.9. The lowest BCUT2D eigenvalue weighted by Crippen LogP contribution is -2.38. The molecule has 7 heteroatoms. The number of aromatic nitrogens is 1. The SMILES string of the molecule is N#CC1(NC(=O)/C(N)=C/c2nc3cc(Cl)ccc3o2)CC1. The van der Waals surface area contributed by atoms with Crippen molar-refractivity contribution in [1.82, 2.24) is 10.3 Å². The van der Waals surface area contributed by atoms with Crippen molar-refractivity contribution in [3.8, 4) is 6.07 Å². The van der Waals surface area contributed by atoms with E-state index >= 15 is 0 Å². The lowest BCUT2D eigenvalue weighted by Gasteiger charge is -2.08. The molecule has 6 nitrogen and oxygen atoms in total. The second kappa shape index (κ2) is 4.79. The first-order chi connectivity index (χ1) is 10.0. The van der Waals surface area contributed by atoms with E-state index in [9.17, 15) is 4.79 Å². The molecule has 0 unspecified atom stereocenters. The van der Waals surface area contributed by atoms with Gasteiger partial charge in [0.25, 0.3) is 5.91 Å². The molecular formula is C14H11ClN4O2. The van der Waals surface area contributed by atoms with Gasteiger partial charge < -0.3 is 15.5 Å². The van der Waals surface area contributed by atoms with Crippen LogP contribution in [0.5, 0.6) is 0 Å². The molecule has 0 aliphatic heterocycles. The molecule has 0 radical (unpaired) electrons. The van der Waals surface area contributed by atoms with Crippen LogP contribution in [0.1, 0.15) is 18.7 Å². The maximum absolute atomic E-state index is 11.9. The largest absolute Gasteiger partial charge is 0.437 e. The number of nitriles is 1. The summed E-state index contributed by atoms with van der Waals surface area (Å²) < 4.78 is 5.44. The molecule has 1 aromatic heterocycles. The Morgan fingerprint density at radius 1 is 1.57 bits per heavy atom. The third-order valence-electron chi connectivity index (χ3n) is 3.22. The smallest absolute Gasteiger partial charge is 0.268 e. The second-order valence-electron chi connectivity index (χ2n) is 4.91. The summed E-state index contributed by atoms with van der Waals surface area (Å²) in [7, 11) is 0. The van der Waals surface area contributed by atoms with Crippen molar-refractivity contribution >= 4 is 34.7 Å². The summed E-state index contributed by atoms with van der Waals surface area (Å²) in [6.07, 6.45) is 2.62. The van der Waals surface area contributed by atoms with Crippen molar-refractivity contribution < 1.29 is 9.21 Å². The maximum atomic E-state index is 11.9. The van der Waals surface area contributed by atoms with E-state index < -0.39 is 11.4 Å². The van der Waals surface area contributed by atoms with Gasteiger partial charge in [-0.1, -0.05) is 11.6 Å². The summed E-state index contributed by atoms with van der Waals surface area (Å²) >= 11 is 5.86. The third kappa shape index (κ3) is 2.69. The van der Waals surface area contributed by atoms with E-state index in [1.54, 1.807) is 18.2 Å². The van der Waals surface area contributed by atoms with Crippen LogP contribution in [0.2, 0.25) is 5.02 Å². The quantitative estimate of drug-likeness (QED) is 0.843. The fourth-order valence-electron chi connectivity index (χ4n) is 1.86. The summed E-state index contributed by atoms with van der Waals surface area (Å²) in [6, 6.07) is 7.09. The number of halogens is 1. The maximum Gasteiger partial charge on any atom is 0.268 e. The zero-order chi connectivity index (χ0) is 15.0. The average Bonchev–Trinajstić information content (AvgIpc) is 3.11. The van der Waals surface area contributed by atoms with E-state index in [1.807, 2.05) is 0 Å². The minimum Gasteiger partial charge on any atom is -0.437 e. The number of nitrogens with one attached hydrogen (secondary N) is 1. The Bertz CT molecular complexity index is 799. The number of nitrogens with two attached hydrogens (primary N) is 1. The summed E-state index contributed by atoms with van der Waals surface area (Å²) in [4.78, 5) is 16.1. The van der Waals surface area contributed by atoms with Crippen LogP contribution in [0.15, 0.2) is 28.3 Å². The van der Waals surface area contributed by atoms with Crippen LogP contribution in [0, 0.1) is 11.3 Å². The van der Waals surface area contributed by atoms with Crippen molar-refractivity contribution in [2.45, 2.75) is 18.4 Å². The molecule has 0 saturated heterocycles. The van der Waals surface area contributed by atoms with Gasteiger partial charge in [-0.2, -0.15) is 5.26 Å². The molecule has 1 heterocycles. The molecule has 1 aliphatic carbocycles. The Hall–Kier alpha value is -2.52. The first-order valence-corrected chi connectivity index (χ1v) is 6.66. The number of rotatable bonds is 3. The number of hydrogen-bond donors (Lipinski definition) is 2. The number of carbonyl (C=O) groups is 1. The van der Waals surface area contributed by atoms with Crippen LogP contribution in [-0.4, -0.2) is 16.4 Å². The van der Waals surface area contributed by atoms with Crippen molar-refractivity contribution in [1.29, 1.82) is 5.26 Å². The van der Waals surface area contributed by atoms with E-state index in [1.165, 1.54) is 6.08 Å². The standard InChI is InChI=1S/C14H11ClN4O2/c15-8-1-2-11-10(5-8)18-12(21-11)6-9(17)13(20)19-14(7-16)3-4-14/h1-2,5-6H,3-4,17H2,(H,19,20)/b9-6-. The number of amides is 1. The molecule has 1 saturated carbocycles. The third-order valence-corrected chi connectivity index (χ3v) is 3.46. The predicted molar refractivity (Wildman–Crippen MR) is 76.9 cm³/mol. The topological polar surface area (TPSA) is 105 Å². The first kappa shape index (κ1) is 13.5. The van der Waals surface area contributed by atoms with Gasteiger partial charge in [-0.15, -0.1) is 0 Å². The summed E-state index contributed by atoms with van der Waals surface area (Å²) in [5, 5.41) is 12.1. The number of carbonyl (C=O) groups excluding carboxylic acids is 1. The number of oxazole rings is 1. The molecule has 0 bridgehead atoms. The average molecular weight is 303 g/mol. The minimum atomic E-state index is -0.760. The van der Waals surface area contributed by atoms with Crippen molar-refractivity contribution in [2.24, 2.45) is 5.73 Å². The van der Waals surface area contributed by atoms with Gasteiger partial charge in [-0.25, -0.2) is 4.98 Å². The zero-order valence-corrected chi connectivity index (χ0v) is 11.6. The van der Waals surface area contributed by atoms with Crippen molar-refractivity contribution in [3.63, 3.8) is 0 Å². The normalized spacial score (nSPS) is 16.5. The van der Waals surface area contributed by atoms with Crippen LogP contribution >= 0.6 is 11.6 Å². The van der Waals surface area contributed by atoms with Gasteiger partial charge in [0.15, 0.2) is 5.58 Å². The highest BCUT2D eigenvalue weighted by Gasteiger charge is 2.44. The van der Waals surface area contributed by atoms with E-state index in [2.05, 4.69) is 16.4 Å². The van der Waals surface area contributed by atoms with Crippen molar-refractivity contribution in [3.05, 3.63) is 34.8 Å². The Labute approximate surface area is 125 Å². The monoisotopic (exact) mass is 302 g/mol. The number of nitrogens with zero attached hydrogens (tertiary/aromatic N) is 2. The Morgan fingerprint density at radius 3 is 3.00 bits per heavy atom.